The molecule has 0 aliphatic rings. The largest absolute Gasteiger partial charge is 0.497 e. The van der Waals surface area contributed by atoms with Crippen LogP contribution >= 0.6 is 27.5 Å². The molecular weight excluding hydrogens is 350 g/mol. The lowest BCUT2D eigenvalue weighted by atomic mass is 9.99. The number of rotatable bonds is 3. The lowest BCUT2D eigenvalue weighted by Gasteiger charge is -2.16. The van der Waals surface area contributed by atoms with Gasteiger partial charge in [0.15, 0.2) is 0 Å². The van der Waals surface area contributed by atoms with Gasteiger partial charge in [0, 0.05) is 22.7 Å². The SMILES string of the molecule is COc1cc(F)c(C(Br)c2cccc(Cl)c2C)c(F)c1. The highest BCUT2D eigenvalue weighted by atomic mass is 79.9. The van der Waals surface area contributed by atoms with Crippen LogP contribution in [-0.4, -0.2) is 7.11 Å². The van der Waals surface area contributed by atoms with E-state index in [1.165, 1.54) is 7.11 Å². The van der Waals surface area contributed by atoms with Crippen LogP contribution in [-0.2, 0) is 0 Å². The van der Waals surface area contributed by atoms with Crippen LogP contribution in [0.15, 0.2) is 30.3 Å². The molecular formula is C15H12BrClF2O. The van der Waals surface area contributed by atoms with Crippen LogP contribution in [0.3, 0.4) is 0 Å². The molecule has 1 nitrogen and oxygen atoms in total. The van der Waals surface area contributed by atoms with Gasteiger partial charge in [-0.1, -0.05) is 39.7 Å². The highest BCUT2D eigenvalue weighted by Crippen LogP contribution is 2.38. The number of halogens is 4. The van der Waals surface area contributed by atoms with Crippen molar-refractivity contribution in [3.05, 3.63) is 63.7 Å². The predicted molar refractivity (Wildman–Crippen MR) is 79.9 cm³/mol. The zero-order valence-electron chi connectivity index (χ0n) is 10.9. The Hall–Kier alpha value is -1.13. The summed E-state index contributed by atoms with van der Waals surface area (Å²) in [5.74, 6) is -1.18. The quantitative estimate of drug-likeness (QED) is 0.663. The molecule has 0 N–H and O–H groups in total. The van der Waals surface area contributed by atoms with Gasteiger partial charge in [0.25, 0.3) is 0 Å². The normalized spacial score (nSPS) is 12.3. The van der Waals surface area contributed by atoms with Crippen molar-refractivity contribution in [1.82, 2.24) is 0 Å². The maximum Gasteiger partial charge on any atom is 0.134 e. The van der Waals surface area contributed by atoms with Crippen LogP contribution in [0.25, 0.3) is 0 Å². The molecule has 0 aliphatic heterocycles. The fourth-order valence-electron chi connectivity index (χ4n) is 1.98. The molecule has 0 aliphatic carbocycles. The van der Waals surface area contributed by atoms with E-state index in [4.69, 9.17) is 16.3 Å². The van der Waals surface area contributed by atoms with Crippen LogP contribution in [0, 0.1) is 18.6 Å². The van der Waals surface area contributed by atoms with E-state index in [0.29, 0.717) is 5.02 Å². The molecule has 0 heterocycles. The molecule has 0 amide bonds. The van der Waals surface area contributed by atoms with Crippen molar-refractivity contribution in [3.8, 4) is 5.75 Å². The van der Waals surface area contributed by atoms with Gasteiger partial charge in [-0.3, -0.25) is 0 Å². The van der Waals surface area contributed by atoms with Crippen molar-refractivity contribution in [2.24, 2.45) is 0 Å². The van der Waals surface area contributed by atoms with Gasteiger partial charge in [0.1, 0.15) is 17.4 Å². The molecule has 2 aromatic rings. The summed E-state index contributed by atoms with van der Waals surface area (Å²) in [5, 5.41) is 0.557. The second-order valence-electron chi connectivity index (χ2n) is 4.32. The third-order valence-corrected chi connectivity index (χ3v) is 4.48. The Kier molecular flexibility index (Phi) is 4.66. The lowest BCUT2D eigenvalue weighted by Crippen LogP contribution is -2.03. The molecule has 106 valence electrons. The number of hydrogen-bond acceptors (Lipinski definition) is 1. The third-order valence-electron chi connectivity index (χ3n) is 3.12. The fraction of sp³-hybridized carbons (Fsp3) is 0.200. The molecule has 1 atom stereocenters. The summed E-state index contributed by atoms with van der Waals surface area (Å²) in [4.78, 5) is -0.618. The Morgan fingerprint density at radius 1 is 1.20 bits per heavy atom. The first-order valence-electron chi connectivity index (χ1n) is 5.87. The van der Waals surface area contributed by atoms with Crippen LogP contribution in [0.4, 0.5) is 8.78 Å². The van der Waals surface area contributed by atoms with Gasteiger partial charge in [0.05, 0.1) is 11.9 Å². The molecule has 0 spiro atoms. The molecule has 0 saturated heterocycles. The molecule has 1 unspecified atom stereocenters. The van der Waals surface area contributed by atoms with Crippen LogP contribution in [0.1, 0.15) is 21.5 Å². The van der Waals surface area contributed by atoms with Crippen LogP contribution in [0.2, 0.25) is 5.02 Å². The van der Waals surface area contributed by atoms with Crippen molar-refractivity contribution in [2.75, 3.05) is 7.11 Å². The Balaban J connectivity index is 2.54. The van der Waals surface area contributed by atoms with E-state index in [0.717, 1.165) is 23.3 Å². The zero-order chi connectivity index (χ0) is 14.9. The third kappa shape index (κ3) is 2.81. The molecule has 2 rings (SSSR count). The molecule has 2 aromatic carbocycles. The number of alkyl halides is 1. The molecule has 20 heavy (non-hydrogen) atoms. The van der Waals surface area contributed by atoms with Crippen molar-refractivity contribution in [1.29, 1.82) is 0 Å². The predicted octanol–water partition coefficient (Wildman–Crippen LogP) is 5.42. The van der Waals surface area contributed by atoms with Gasteiger partial charge < -0.3 is 4.74 Å². The van der Waals surface area contributed by atoms with E-state index >= 15 is 0 Å². The highest BCUT2D eigenvalue weighted by molar-refractivity contribution is 9.09. The van der Waals surface area contributed by atoms with Crippen molar-refractivity contribution in [2.45, 2.75) is 11.8 Å². The van der Waals surface area contributed by atoms with E-state index in [-0.39, 0.29) is 11.3 Å². The summed E-state index contributed by atoms with van der Waals surface area (Å²) in [7, 11) is 1.36. The molecule has 0 radical (unpaired) electrons. The van der Waals surface area contributed by atoms with Gasteiger partial charge in [-0.05, 0) is 24.1 Å². The molecule has 0 aromatic heterocycles. The van der Waals surface area contributed by atoms with E-state index in [2.05, 4.69) is 15.9 Å². The Morgan fingerprint density at radius 2 is 1.80 bits per heavy atom. The zero-order valence-corrected chi connectivity index (χ0v) is 13.2. The summed E-state index contributed by atoms with van der Waals surface area (Å²) in [6.07, 6.45) is 0. The van der Waals surface area contributed by atoms with Crippen molar-refractivity contribution in [3.63, 3.8) is 0 Å². The average molecular weight is 362 g/mol. The van der Waals surface area contributed by atoms with Crippen molar-refractivity contribution < 1.29 is 13.5 Å². The summed E-state index contributed by atoms with van der Waals surface area (Å²) >= 11 is 9.39. The van der Waals surface area contributed by atoms with Gasteiger partial charge >= 0.3 is 0 Å². The Morgan fingerprint density at radius 3 is 2.35 bits per heavy atom. The van der Waals surface area contributed by atoms with Crippen LogP contribution in [0.5, 0.6) is 5.75 Å². The first-order chi connectivity index (χ1) is 9.45. The van der Waals surface area contributed by atoms with Crippen LogP contribution < -0.4 is 4.74 Å². The van der Waals surface area contributed by atoms with Crippen molar-refractivity contribution >= 4 is 27.5 Å². The minimum atomic E-state index is -0.664. The average Bonchev–Trinajstić information content (AvgIpc) is 2.40. The first kappa shape index (κ1) is 15.3. The molecule has 0 fully saturated rings. The molecule has 0 saturated carbocycles. The second-order valence-corrected chi connectivity index (χ2v) is 5.64. The number of methoxy groups -OCH3 is 1. The smallest absolute Gasteiger partial charge is 0.134 e. The monoisotopic (exact) mass is 360 g/mol. The Bertz CT molecular complexity index is 623. The molecule has 0 bridgehead atoms. The highest BCUT2D eigenvalue weighted by Gasteiger charge is 2.22. The summed E-state index contributed by atoms with van der Waals surface area (Å²) in [6.45, 7) is 1.81. The second kappa shape index (κ2) is 6.10. The van der Waals surface area contributed by atoms with E-state index in [1.807, 2.05) is 6.92 Å². The van der Waals surface area contributed by atoms with E-state index in [9.17, 15) is 8.78 Å². The van der Waals surface area contributed by atoms with E-state index in [1.54, 1.807) is 18.2 Å². The van der Waals surface area contributed by atoms with Gasteiger partial charge in [0.2, 0.25) is 0 Å². The lowest BCUT2D eigenvalue weighted by molar-refractivity contribution is 0.405. The fourth-order valence-corrected chi connectivity index (χ4v) is 3.09. The topological polar surface area (TPSA) is 9.23 Å². The minimum Gasteiger partial charge on any atom is -0.497 e. The maximum atomic E-state index is 14.1. The van der Waals surface area contributed by atoms with Gasteiger partial charge in [-0.2, -0.15) is 0 Å². The number of hydrogen-bond donors (Lipinski definition) is 0. The number of ether oxygens (including phenoxy) is 1. The minimum absolute atomic E-state index is 0.0591. The number of benzene rings is 2. The summed E-state index contributed by atoms with van der Waals surface area (Å²) in [5.41, 5.74) is 1.45. The standard InChI is InChI=1S/C15H12BrClF2O/c1-8-10(4-3-5-11(8)17)15(16)14-12(18)6-9(20-2)7-13(14)19/h3-7,15H,1-2H3. The van der Waals surface area contributed by atoms with Gasteiger partial charge in [-0.25, -0.2) is 8.78 Å². The maximum absolute atomic E-state index is 14.1. The summed E-state index contributed by atoms with van der Waals surface area (Å²) < 4.78 is 33.0. The molecule has 5 heteroatoms. The first-order valence-corrected chi connectivity index (χ1v) is 7.17. The Labute approximate surface area is 129 Å². The van der Waals surface area contributed by atoms with E-state index < -0.39 is 16.5 Å². The summed E-state index contributed by atoms with van der Waals surface area (Å²) in [6, 6.07) is 7.59. The van der Waals surface area contributed by atoms with Gasteiger partial charge in [-0.15, -0.1) is 0 Å².